The second-order valence-electron chi connectivity index (χ2n) is 4.25. The normalized spacial score (nSPS) is 10.3. The lowest BCUT2D eigenvalue weighted by Crippen LogP contribution is -2.37. The van der Waals surface area contributed by atoms with E-state index in [9.17, 15) is 18.4 Å². The first kappa shape index (κ1) is 16.7. The van der Waals surface area contributed by atoms with E-state index in [0.717, 1.165) is 5.56 Å². The molecule has 1 rings (SSSR count). The molecule has 0 unspecified atom stereocenters. The standard InChI is InChI=1S/C13H16F2N2O4/c1-17(13(20)16-7-6-11(18)19)8-9-2-4-10(5-3-9)21-12(14)15/h2-5,12H,6-8H2,1H3,(H,16,20)(H,18,19). The Hall–Kier alpha value is -2.38. The predicted molar refractivity (Wildman–Crippen MR) is 70.2 cm³/mol. The van der Waals surface area contributed by atoms with Gasteiger partial charge in [-0.05, 0) is 17.7 Å². The van der Waals surface area contributed by atoms with Crippen molar-refractivity contribution < 1.29 is 28.2 Å². The van der Waals surface area contributed by atoms with E-state index in [2.05, 4.69) is 10.1 Å². The highest BCUT2D eigenvalue weighted by molar-refractivity contribution is 5.75. The lowest BCUT2D eigenvalue weighted by Gasteiger charge is -2.18. The number of nitrogens with zero attached hydrogens (tertiary/aromatic N) is 1. The first-order chi connectivity index (χ1) is 9.88. The largest absolute Gasteiger partial charge is 0.481 e. The highest BCUT2D eigenvalue weighted by Crippen LogP contribution is 2.15. The fourth-order valence-electron chi connectivity index (χ4n) is 1.53. The van der Waals surface area contributed by atoms with Crippen LogP contribution in [0.15, 0.2) is 24.3 Å². The van der Waals surface area contributed by atoms with E-state index < -0.39 is 18.6 Å². The van der Waals surface area contributed by atoms with Gasteiger partial charge < -0.3 is 20.1 Å². The summed E-state index contributed by atoms with van der Waals surface area (Å²) in [6.07, 6.45) is -0.154. The third kappa shape index (κ3) is 6.55. The number of hydrogen-bond acceptors (Lipinski definition) is 3. The molecule has 0 bridgehead atoms. The van der Waals surface area contributed by atoms with Crippen LogP contribution in [0.5, 0.6) is 5.75 Å². The quantitative estimate of drug-likeness (QED) is 0.806. The van der Waals surface area contributed by atoms with Gasteiger partial charge >= 0.3 is 18.6 Å². The number of rotatable bonds is 7. The van der Waals surface area contributed by atoms with Gasteiger partial charge in [-0.1, -0.05) is 12.1 Å². The minimum Gasteiger partial charge on any atom is -0.481 e. The van der Waals surface area contributed by atoms with E-state index in [1.54, 1.807) is 19.2 Å². The first-order valence-corrected chi connectivity index (χ1v) is 6.13. The Bertz CT molecular complexity index is 480. The first-order valence-electron chi connectivity index (χ1n) is 6.13. The van der Waals surface area contributed by atoms with Crippen molar-refractivity contribution in [1.29, 1.82) is 0 Å². The van der Waals surface area contributed by atoms with Crippen LogP contribution in [-0.2, 0) is 11.3 Å². The molecule has 2 amide bonds. The van der Waals surface area contributed by atoms with Crippen LogP contribution < -0.4 is 10.1 Å². The number of carboxylic acids is 1. The summed E-state index contributed by atoms with van der Waals surface area (Å²) in [5.41, 5.74) is 0.729. The molecule has 0 aromatic heterocycles. The predicted octanol–water partition coefficient (Wildman–Crippen LogP) is 1.90. The van der Waals surface area contributed by atoms with Crippen molar-refractivity contribution in [2.24, 2.45) is 0 Å². The SMILES string of the molecule is CN(Cc1ccc(OC(F)F)cc1)C(=O)NCCC(=O)O. The van der Waals surface area contributed by atoms with Crippen molar-refractivity contribution in [3.05, 3.63) is 29.8 Å². The highest BCUT2D eigenvalue weighted by atomic mass is 19.3. The Kier molecular flexibility index (Phi) is 6.38. The van der Waals surface area contributed by atoms with Gasteiger partial charge in [0, 0.05) is 20.1 Å². The average Bonchev–Trinajstić information content (AvgIpc) is 2.39. The van der Waals surface area contributed by atoms with Crippen molar-refractivity contribution in [2.45, 2.75) is 19.6 Å². The molecule has 0 saturated carbocycles. The van der Waals surface area contributed by atoms with Crippen LogP contribution in [0.2, 0.25) is 0 Å². The summed E-state index contributed by atoms with van der Waals surface area (Å²) in [6.45, 7) is -2.58. The second-order valence-corrected chi connectivity index (χ2v) is 4.25. The lowest BCUT2D eigenvalue weighted by molar-refractivity contribution is -0.136. The number of amides is 2. The number of urea groups is 1. The van der Waals surface area contributed by atoms with Gasteiger partial charge in [0.25, 0.3) is 0 Å². The van der Waals surface area contributed by atoms with E-state index in [1.807, 2.05) is 0 Å². The average molecular weight is 302 g/mol. The maximum Gasteiger partial charge on any atom is 0.387 e. The summed E-state index contributed by atoms with van der Waals surface area (Å²) in [6, 6.07) is 5.50. The molecule has 0 aliphatic rings. The smallest absolute Gasteiger partial charge is 0.387 e. The van der Waals surface area contributed by atoms with Crippen LogP contribution in [0.3, 0.4) is 0 Å². The van der Waals surface area contributed by atoms with E-state index >= 15 is 0 Å². The van der Waals surface area contributed by atoms with Crippen LogP contribution in [0, 0.1) is 0 Å². The molecule has 0 atom stereocenters. The minimum atomic E-state index is -2.88. The van der Waals surface area contributed by atoms with Gasteiger partial charge in [-0.3, -0.25) is 4.79 Å². The zero-order valence-electron chi connectivity index (χ0n) is 11.4. The number of aliphatic carboxylic acids is 1. The molecule has 0 aliphatic carbocycles. The topological polar surface area (TPSA) is 78.9 Å². The minimum absolute atomic E-state index is 0.0413. The summed E-state index contributed by atoms with van der Waals surface area (Å²) in [4.78, 5) is 23.3. The van der Waals surface area contributed by atoms with Crippen molar-refractivity contribution in [3.63, 3.8) is 0 Å². The van der Waals surface area contributed by atoms with Crippen LogP contribution in [-0.4, -0.2) is 42.2 Å². The molecule has 0 heterocycles. The number of benzene rings is 1. The molecule has 8 heteroatoms. The van der Waals surface area contributed by atoms with Crippen LogP contribution in [0.25, 0.3) is 0 Å². The Morgan fingerprint density at radius 1 is 1.33 bits per heavy atom. The Labute approximate surface area is 120 Å². The van der Waals surface area contributed by atoms with Crippen molar-refractivity contribution in [1.82, 2.24) is 10.2 Å². The second kappa shape index (κ2) is 8.03. The van der Waals surface area contributed by atoms with Gasteiger partial charge in [0.1, 0.15) is 5.75 Å². The summed E-state index contributed by atoms with van der Waals surface area (Å²) in [7, 11) is 1.54. The van der Waals surface area contributed by atoms with Crippen molar-refractivity contribution in [3.8, 4) is 5.75 Å². The molecule has 0 radical (unpaired) electrons. The molecule has 0 fully saturated rings. The third-order valence-electron chi connectivity index (χ3n) is 2.53. The zero-order chi connectivity index (χ0) is 15.8. The molecule has 0 saturated heterocycles. The number of halogens is 2. The Balaban J connectivity index is 2.44. The van der Waals surface area contributed by atoms with Gasteiger partial charge in [-0.2, -0.15) is 8.78 Å². The van der Waals surface area contributed by atoms with E-state index in [-0.39, 0.29) is 25.3 Å². The molecular weight excluding hydrogens is 286 g/mol. The summed E-state index contributed by atoms with van der Waals surface area (Å²) in [5, 5.41) is 10.9. The van der Waals surface area contributed by atoms with Gasteiger partial charge in [-0.15, -0.1) is 0 Å². The molecule has 116 valence electrons. The van der Waals surface area contributed by atoms with Crippen molar-refractivity contribution >= 4 is 12.0 Å². The molecule has 1 aromatic carbocycles. The van der Waals surface area contributed by atoms with Gasteiger partial charge in [0.05, 0.1) is 6.42 Å². The summed E-state index contributed by atoms with van der Waals surface area (Å²) in [5.74, 6) is -0.949. The summed E-state index contributed by atoms with van der Waals surface area (Å²) < 4.78 is 28.2. The number of hydrogen-bond donors (Lipinski definition) is 2. The van der Waals surface area contributed by atoms with Crippen LogP contribution >= 0.6 is 0 Å². The fourth-order valence-corrected chi connectivity index (χ4v) is 1.53. The molecular formula is C13H16F2N2O4. The van der Waals surface area contributed by atoms with E-state index in [1.165, 1.54) is 17.0 Å². The van der Waals surface area contributed by atoms with Gasteiger partial charge in [0.15, 0.2) is 0 Å². The summed E-state index contributed by atoms with van der Waals surface area (Å²) >= 11 is 0. The van der Waals surface area contributed by atoms with Crippen LogP contribution in [0.1, 0.15) is 12.0 Å². The molecule has 0 spiro atoms. The lowest BCUT2D eigenvalue weighted by atomic mass is 10.2. The number of carbonyl (C=O) groups excluding carboxylic acids is 1. The van der Waals surface area contributed by atoms with E-state index in [0.29, 0.717) is 0 Å². The molecule has 6 nitrogen and oxygen atoms in total. The number of nitrogens with one attached hydrogen (secondary N) is 1. The fraction of sp³-hybridized carbons (Fsp3) is 0.385. The van der Waals surface area contributed by atoms with Crippen molar-refractivity contribution in [2.75, 3.05) is 13.6 Å². The monoisotopic (exact) mass is 302 g/mol. The molecule has 0 aliphatic heterocycles. The van der Waals surface area contributed by atoms with Crippen LogP contribution in [0.4, 0.5) is 13.6 Å². The molecule has 21 heavy (non-hydrogen) atoms. The number of ether oxygens (including phenoxy) is 1. The van der Waals surface area contributed by atoms with Gasteiger partial charge in [-0.25, -0.2) is 4.79 Å². The number of carboxylic acid groups (broad SMARTS) is 1. The Morgan fingerprint density at radius 3 is 2.48 bits per heavy atom. The van der Waals surface area contributed by atoms with E-state index in [4.69, 9.17) is 5.11 Å². The zero-order valence-corrected chi connectivity index (χ0v) is 11.4. The third-order valence-corrected chi connectivity index (χ3v) is 2.53. The molecule has 2 N–H and O–H groups in total. The number of carbonyl (C=O) groups is 2. The maximum absolute atomic E-state index is 12.0. The Morgan fingerprint density at radius 2 is 1.95 bits per heavy atom. The highest BCUT2D eigenvalue weighted by Gasteiger charge is 2.10. The number of alkyl halides is 2. The van der Waals surface area contributed by atoms with Gasteiger partial charge in [0.2, 0.25) is 0 Å². The maximum atomic E-state index is 12.0. The molecule has 1 aromatic rings.